The zero-order valence-electron chi connectivity index (χ0n) is 20.6. The SMILES string of the molecule is CCCOc1ccccc1NC(=O)Nc1ccc2scc(C3CCN(C(C)CCC)CC3)c2c1. The van der Waals surface area contributed by atoms with E-state index in [1.165, 1.54) is 54.4 Å². The van der Waals surface area contributed by atoms with E-state index in [0.29, 0.717) is 30.0 Å². The molecule has 1 atom stereocenters. The van der Waals surface area contributed by atoms with Crippen LogP contribution >= 0.6 is 11.3 Å². The Bertz CT molecular complexity index is 1090. The summed E-state index contributed by atoms with van der Waals surface area (Å²) in [6.07, 6.45) is 5.84. The third-order valence-electron chi connectivity index (χ3n) is 6.76. The van der Waals surface area contributed by atoms with Crippen molar-refractivity contribution in [1.29, 1.82) is 0 Å². The van der Waals surface area contributed by atoms with E-state index in [0.717, 1.165) is 12.1 Å². The molecule has 3 aromatic rings. The minimum Gasteiger partial charge on any atom is -0.491 e. The number of hydrogen-bond donors (Lipinski definition) is 2. The van der Waals surface area contributed by atoms with Gasteiger partial charge in [0.15, 0.2) is 0 Å². The van der Waals surface area contributed by atoms with Gasteiger partial charge in [-0.3, -0.25) is 0 Å². The van der Waals surface area contributed by atoms with Crippen molar-refractivity contribution in [3.05, 3.63) is 53.4 Å². The lowest BCUT2D eigenvalue weighted by Gasteiger charge is -2.36. The number of nitrogens with one attached hydrogen (secondary N) is 2. The molecule has 5 nitrogen and oxygen atoms in total. The van der Waals surface area contributed by atoms with Crippen LogP contribution in [0.3, 0.4) is 0 Å². The molecule has 1 aliphatic heterocycles. The van der Waals surface area contributed by atoms with Crippen LogP contribution in [0.4, 0.5) is 16.2 Å². The maximum atomic E-state index is 12.7. The predicted octanol–water partition coefficient (Wildman–Crippen LogP) is 7.70. The number of para-hydroxylation sites is 2. The van der Waals surface area contributed by atoms with Crippen molar-refractivity contribution >= 4 is 38.8 Å². The number of thiophene rings is 1. The molecule has 1 fully saturated rings. The number of ether oxygens (including phenoxy) is 1. The standard InChI is InChI=1S/C28H37N3O2S/c1-4-8-20(3)31-15-13-21(14-16-31)24-19-34-27-12-11-22(18-23(24)27)29-28(32)30-25-9-6-7-10-26(25)33-17-5-2/h6-7,9-12,18-21H,4-5,8,13-17H2,1-3H3,(H2,29,30,32). The summed E-state index contributed by atoms with van der Waals surface area (Å²) in [5, 5.41) is 9.55. The van der Waals surface area contributed by atoms with E-state index in [4.69, 9.17) is 4.74 Å². The van der Waals surface area contributed by atoms with Crippen molar-refractivity contribution in [2.24, 2.45) is 0 Å². The zero-order valence-corrected chi connectivity index (χ0v) is 21.4. The highest BCUT2D eigenvalue weighted by Gasteiger charge is 2.25. The maximum absolute atomic E-state index is 12.7. The molecule has 4 rings (SSSR count). The number of piperidine rings is 1. The topological polar surface area (TPSA) is 53.6 Å². The van der Waals surface area contributed by atoms with E-state index >= 15 is 0 Å². The van der Waals surface area contributed by atoms with E-state index in [9.17, 15) is 4.79 Å². The second-order valence-electron chi connectivity index (χ2n) is 9.27. The second kappa shape index (κ2) is 11.7. The Kier molecular flexibility index (Phi) is 8.46. The monoisotopic (exact) mass is 479 g/mol. The van der Waals surface area contributed by atoms with Crippen LogP contribution in [-0.4, -0.2) is 36.7 Å². The molecule has 0 bridgehead atoms. The van der Waals surface area contributed by atoms with Gasteiger partial charge in [0, 0.05) is 16.4 Å². The first-order chi connectivity index (χ1) is 16.6. The molecule has 1 aromatic heterocycles. The molecule has 2 aromatic carbocycles. The molecule has 182 valence electrons. The fourth-order valence-electron chi connectivity index (χ4n) is 4.89. The van der Waals surface area contributed by atoms with E-state index in [1.807, 2.05) is 30.3 Å². The van der Waals surface area contributed by atoms with Gasteiger partial charge in [-0.2, -0.15) is 0 Å². The summed E-state index contributed by atoms with van der Waals surface area (Å²) in [6.45, 7) is 9.65. The van der Waals surface area contributed by atoms with Crippen LogP contribution in [0.5, 0.6) is 5.75 Å². The molecule has 0 aliphatic carbocycles. The lowest BCUT2D eigenvalue weighted by atomic mass is 9.88. The van der Waals surface area contributed by atoms with E-state index in [1.54, 1.807) is 11.3 Å². The summed E-state index contributed by atoms with van der Waals surface area (Å²) in [5.74, 6) is 1.28. The Morgan fingerprint density at radius 1 is 1.12 bits per heavy atom. The van der Waals surface area contributed by atoms with Crippen molar-refractivity contribution in [2.45, 2.75) is 64.8 Å². The van der Waals surface area contributed by atoms with Gasteiger partial charge < -0.3 is 20.3 Å². The highest BCUT2D eigenvalue weighted by atomic mass is 32.1. The quantitative estimate of drug-likeness (QED) is 0.330. The smallest absolute Gasteiger partial charge is 0.323 e. The summed E-state index contributed by atoms with van der Waals surface area (Å²) in [7, 11) is 0. The van der Waals surface area contributed by atoms with Gasteiger partial charge in [-0.25, -0.2) is 4.79 Å². The summed E-state index contributed by atoms with van der Waals surface area (Å²) < 4.78 is 7.04. The van der Waals surface area contributed by atoms with E-state index in [2.05, 4.69) is 53.8 Å². The number of amides is 2. The Morgan fingerprint density at radius 3 is 2.68 bits per heavy atom. The number of fused-ring (bicyclic) bond motifs is 1. The normalized spacial score (nSPS) is 15.9. The molecular weight excluding hydrogens is 442 g/mol. The number of benzene rings is 2. The molecule has 34 heavy (non-hydrogen) atoms. The fourth-order valence-corrected chi connectivity index (χ4v) is 5.91. The first kappa shape index (κ1) is 24.6. The van der Waals surface area contributed by atoms with Gasteiger partial charge in [0.05, 0.1) is 12.3 Å². The van der Waals surface area contributed by atoms with Crippen LogP contribution in [-0.2, 0) is 0 Å². The minimum atomic E-state index is -0.262. The van der Waals surface area contributed by atoms with Gasteiger partial charge in [-0.05, 0) is 98.3 Å². The number of carbonyl (C=O) groups is 1. The Labute approximate surface area is 207 Å². The zero-order chi connectivity index (χ0) is 23.9. The highest BCUT2D eigenvalue weighted by Crippen LogP contribution is 2.38. The van der Waals surface area contributed by atoms with Gasteiger partial charge in [0.1, 0.15) is 5.75 Å². The van der Waals surface area contributed by atoms with E-state index in [-0.39, 0.29) is 6.03 Å². The van der Waals surface area contributed by atoms with E-state index < -0.39 is 0 Å². The summed E-state index contributed by atoms with van der Waals surface area (Å²) in [5.41, 5.74) is 2.92. The van der Waals surface area contributed by atoms with Crippen molar-refractivity contribution in [1.82, 2.24) is 4.90 Å². The largest absolute Gasteiger partial charge is 0.491 e. The number of rotatable bonds is 9. The molecule has 0 radical (unpaired) electrons. The van der Waals surface area contributed by atoms with Crippen LogP contribution < -0.4 is 15.4 Å². The van der Waals surface area contributed by atoms with Gasteiger partial charge >= 0.3 is 6.03 Å². The summed E-state index contributed by atoms with van der Waals surface area (Å²) in [6, 6.07) is 14.2. The molecule has 6 heteroatoms. The first-order valence-electron chi connectivity index (χ1n) is 12.6. The maximum Gasteiger partial charge on any atom is 0.323 e. The Hall–Kier alpha value is -2.57. The van der Waals surface area contributed by atoms with Gasteiger partial charge in [0.2, 0.25) is 0 Å². The first-order valence-corrected chi connectivity index (χ1v) is 13.5. The van der Waals surface area contributed by atoms with Gasteiger partial charge in [-0.1, -0.05) is 32.4 Å². The summed E-state index contributed by atoms with van der Waals surface area (Å²) in [4.78, 5) is 15.4. The van der Waals surface area contributed by atoms with Gasteiger partial charge in [0.25, 0.3) is 0 Å². The molecular formula is C28H37N3O2S. The molecule has 0 saturated carbocycles. The van der Waals surface area contributed by atoms with Crippen molar-refractivity contribution < 1.29 is 9.53 Å². The number of urea groups is 1. The fraction of sp³-hybridized carbons (Fsp3) is 0.464. The molecule has 1 aliphatic rings. The number of likely N-dealkylation sites (tertiary alicyclic amines) is 1. The molecule has 1 saturated heterocycles. The van der Waals surface area contributed by atoms with Crippen LogP contribution in [0.2, 0.25) is 0 Å². The Morgan fingerprint density at radius 2 is 1.91 bits per heavy atom. The average molecular weight is 480 g/mol. The minimum absolute atomic E-state index is 0.262. The Balaban J connectivity index is 1.42. The number of carbonyl (C=O) groups excluding carboxylic acids is 1. The molecule has 2 heterocycles. The van der Waals surface area contributed by atoms with Gasteiger partial charge in [-0.15, -0.1) is 11.3 Å². The van der Waals surface area contributed by atoms with Crippen molar-refractivity contribution in [3.63, 3.8) is 0 Å². The van der Waals surface area contributed by atoms with Crippen LogP contribution in [0.25, 0.3) is 10.1 Å². The highest BCUT2D eigenvalue weighted by molar-refractivity contribution is 7.17. The second-order valence-corrected chi connectivity index (χ2v) is 10.2. The van der Waals surface area contributed by atoms with Crippen LogP contribution in [0.15, 0.2) is 47.8 Å². The van der Waals surface area contributed by atoms with Crippen molar-refractivity contribution in [3.8, 4) is 5.75 Å². The average Bonchev–Trinajstić information content (AvgIpc) is 3.27. The molecule has 2 N–H and O–H groups in total. The lowest BCUT2D eigenvalue weighted by molar-refractivity contribution is 0.155. The summed E-state index contributed by atoms with van der Waals surface area (Å²) >= 11 is 1.80. The molecule has 1 unspecified atom stereocenters. The van der Waals surface area contributed by atoms with Crippen LogP contribution in [0.1, 0.15) is 64.4 Å². The molecule has 2 amide bonds. The third kappa shape index (κ3) is 5.91. The molecule has 0 spiro atoms. The number of nitrogens with zero attached hydrogens (tertiary/aromatic N) is 1. The van der Waals surface area contributed by atoms with Crippen molar-refractivity contribution in [2.75, 3.05) is 30.3 Å². The van der Waals surface area contributed by atoms with Crippen LogP contribution in [0, 0.1) is 0 Å². The number of anilines is 2. The third-order valence-corrected chi connectivity index (χ3v) is 7.74. The number of hydrogen-bond acceptors (Lipinski definition) is 4. The predicted molar refractivity (Wildman–Crippen MR) is 145 cm³/mol. The lowest BCUT2D eigenvalue weighted by Crippen LogP contribution is -2.39.